The summed E-state index contributed by atoms with van der Waals surface area (Å²) in [5, 5.41) is 10.9. The largest absolute Gasteiger partial charge is 0.481 e. The Labute approximate surface area is 105 Å². The first-order chi connectivity index (χ1) is 8.44. The monoisotopic (exact) mass is 242 g/mol. The fourth-order valence-electron chi connectivity index (χ4n) is 1.86. The molecule has 0 amide bonds. The summed E-state index contributed by atoms with van der Waals surface area (Å²) < 4.78 is 0. The Hall–Kier alpha value is -2.16. The average molecular weight is 242 g/mol. The highest BCUT2D eigenvalue weighted by Crippen LogP contribution is 2.27. The molecule has 0 aliphatic rings. The van der Waals surface area contributed by atoms with Crippen LogP contribution in [0, 0.1) is 5.41 Å². The van der Waals surface area contributed by atoms with Crippen molar-refractivity contribution < 1.29 is 14.7 Å². The van der Waals surface area contributed by atoms with Gasteiger partial charge in [0, 0.05) is 5.56 Å². The zero-order valence-corrected chi connectivity index (χ0v) is 10.3. The molecule has 92 valence electrons. The van der Waals surface area contributed by atoms with Crippen molar-refractivity contribution in [1.29, 1.82) is 0 Å². The molecule has 0 radical (unpaired) electrons. The van der Waals surface area contributed by atoms with Gasteiger partial charge in [-0.3, -0.25) is 9.59 Å². The van der Waals surface area contributed by atoms with Crippen LogP contribution in [0.4, 0.5) is 0 Å². The van der Waals surface area contributed by atoms with Gasteiger partial charge in [0.15, 0.2) is 5.78 Å². The molecule has 0 atom stereocenters. The Morgan fingerprint density at radius 1 is 1.00 bits per heavy atom. The Kier molecular flexibility index (Phi) is 2.91. The van der Waals surface area contributed by atoms with E-state index in [-0.39, 0.29) is 5.78 Å². The number of hydrogen-bond acceptors (Lipinski definition) is 2. The summed E-state index contributed by atoms with van der Waals surface area (Å²) in [6.45, 7) is 2.86. The number of carbonyl (C=O) groups excluding carboxylic acids is 1. The van der Waals surface area contributed by atoms with E-state index in [0.717, 1.165) is 10.8 Å². The topological polar surface area (TPSA) is 54.4 Å². The number of carbonyl (C=O) groups is 2. The Morgan fingerprint density at radius 2 is 1.61 bits per heavy atom. The first-order valence-electron chi connectivity index (χ1n) is 5.70. The van der Waals surface area contributed by atoms with Gasteiger partial charge in [0.1, 0.15) is 5.41 Å². The summed E-state index contributed by atoms with van der Waals surface area (Å²) in [4.78, 5) is 23.5. The van der Waals surface area contributed by atoms with Crippen LogP contribution < -0.4 is 0 Å². The summed E-state index contributed by atoms with van der Waals surface area (Å²) in [5.41, 5.74) is -0.954. The summed E-state index contributed by atoms with van der Waals surface area (Å²) >= 11 is 0. The maximum absolute atomic E-state index is 12.3. The number of fused-ring (bicyclic) bond motifs is 1. The van der Waals surface area contributed by atoms with Crippen LogP contribution in [0.1, 0.15) is 24.2 Å². The molecule has 18 heavy (non-hydrogen) atoms. The molecular formula is C15H14O3. The first-order valence-corrected chi connectivity index (χ1v) is 5.70. The normalized spacial score (nSPS) is 11.4. The number of Topliss-reactive ketones (excluding diaryl/α,β-unsaturated/α-hetero) is 1. The summed E-state index contributed by atoms with van der Waals surface area (Å²) in [7, 11) is 0. The fraction of sp³-hybridized carbons (Fsp3) is 0.200. The van der Waals surface area contributed by atoms with E-state index in [0.29, 0.717) is 5.56 Å². The number of benzene rings is 2. The second-order valence-corrected chi connectivity index (χ2v) is 4.79. The zero-order valence-electron chi connectivity index (χ0n) is 10.3. The maximum Gasteiger partial charge on any atom is 0.316 e. The second kappa shape index (κ2) is 4.26. The molecule has 0 saturated heterocycles. The third-order valence-electron chi connectivity index (χ3n) is 3.14. The SMILES string of the molecule is CC(C)(C(=O)O)C(=O)c1cccc2ccccc12. The van der Waals surface area contributed by atoms with Gasteiger partial charge >= 0.3 is 5.97 Å². The van der Waals surface area contributed by atoms with Gasteiger partial charge in [0.2, 0.25) is 0 Å². The van der Waals surface area contributed by atoms with E-state index in [1.165, 1.54) is 13.8 Å². The molecule has 0 fully saturated rings. The van der Waals surface area contributed by atoms with Crippen molar-refractivity contribution in [1.82, 2.24) is 0 Å². The average Bonchev–Trinajstić information content (AvgIpc) is 2.37. The first kappa shape index (κ1) is 12.3. The predicted molar refractivity (Wildman–Crippen MR) is 69.7 cm³/mol. The minimum Gasteiger partial charge on any atom is -0.481 e. The molecule has 0 bridgehead atoms. The lowest BCUT2D eigenvalue weighted by molar-refractivity contribution is -0.144. The highest BCUT2D eigenvalue weighted by Gasteiger charge is 2.37. The summed E-state index contributed by atoms with van der Waals surface area (Å²) in [6.07, 6.45) is 0. The van der Waals surface area contributed by atoms with E-state index in [4.69, 9.17) is 5.11 Å². The number of aliphatic carboxylic acids is 1. The molecule has 0 aliphatic heterocycles. The second-order valence-electron chi connectivity index (χ2n) is 4.79. The van der Waals surface area contributed by atoms with Crippen LogP contribution in [0.25, 0.3) is 10.8 Å². The van der Waals surface area contributed by atoms with Gasteiger partial charge in [0.05, 0.1) is 0 Å². The molecule has 0 heterocycles. The molecule has 2 aromatic rings. The molecule has 2 rings (SSSR count). The lowest BCUT2D eigenvalue weighted by atomic mass is 9.83. The van der Waals surface area contributed by atoms with Crippen molar-refractivity contribution in [3.8, 4) is 0 Å². The van der Waals surface area contributed by atoms with Crippen molar-refractivity contribution >= 4 is 22.5 Å². The van der Waals surface area contributed by atoms with Gasteiger partial charge in [-0.1, -0.05) is 42.5 Å². The van der Waals surface area contributed by atoms with Gasteiger partial charge in [0.25, 0.3) is 0 Å². The minimum atomic E-state index is -1.41. The van der Waals surface area contributed by atoms with Crippen LogP contribution in [-0.4, -0.2) is 16.9 Å². The maximum atomic E-state index is 12.3. The number of carboxylic acid groups (broad SMARTS) is 1. The molecule has 0 aromatic heterocycles. The molecular weight excluding hydrogens is 228 g/mol. The molecule has 0 aliphatic carbocycles. The quantitative estimate of drug-likeness (QED) is 0.664. The van der Waals surface area contributed by atoms with Gasteiger partial charge in [-0.2, -0.15) is 0 Å². The lowest BCUT2D eigenvalue weighted by Gasteiger charge is -2.18. The van der Waals surface area contributed by atoms with E-state index in [2.05, 4.69) is 0 Å². The van der Waals surface area contributed by atoms with Crippen molar-refractivity contribution in [3.05, 3.63) is 48.0 Å². The highest BCUT2D eigenvalue weighted by atomic mass is 16.4. The van der Waals surface area contributed by atoms with Crippen LogP contribution in [0.5, 0.6) is 0 Å². The van der Waals surface area contributed by atoms with Gasteiger partial charge < -0.3 is 5.11 Å². The Morgan fingerprint density at radius 3 is 2.28 bits per heavy atom. The highest BCUT2D eigenvalue weighted by molar-refractivity contribution is 6.17. The molecule has 2 aromatic carbocycles. The van der Waals surface area contributed by atoms with Gasteiger partial charge in [-0.15, -0.1) is 0 Å². The van der Waals surface area contributed by atoms with Crippen LogP contribution in [0.2, 0.25) is 0 Å². The third kappa shape index (κ3) is 1.88. The van der Waals surface area contributed by atoms with E-state index >= 15 is 0 Å². The third-order valence-corrected chi connectivity index (χ3v) is 3.14. The number of ketones is 1. The molecule has 3 nitrogen and oxygen atoms in total. The standard InChI is InChI=1S/C15H14O3/c1-15(2,14(17)18)13(16)12-9-5-7-10-6-3-4-8-11(10)12/h3-9H,1-2H3,(H,17,18). The van der Waals surface area contributed by atoms with E-state index in [1.807, 2.05) is 30.3 Å². The molecule has 0 spiro atoms. The number of rotatable bonds is 3. The van der Waals surface area contributed by atoms with Crippen molar-refractivity contribution in [2.45, 2.75) is 13.8 Å². The summed E-state index contributed by atoms with van der Waals surface area (Å²) in [5.74, 6) is -1.48. The molecule has 0 saturated carbocycles. The fourth-order valence-corrected chi connectivity index (χ4v) is 1.86. The lowest BCUT2D eigenvalue weighted by Crippen LogP contribution is -2.33. The zero-order chi connectivity index (χ0) is 13.3. The van der Waals surface area contributed by atoms with Crippen molar-refractivity contribution in [2.24, 2.45) is 5.41 Å². The van der Waals surface area contributed by atoms with Crippen LogP contribution >= 0.6 is 0 Å². The smallest absolute Gasteiger partial charge is 0.316 e. The van der Waals surface area contributed by atoms with E-state index < -0.39 is 11.4 Å². The van der Waals surface area contributed by atoms with Crippen LogP contribution in [0.3, 0.4) is 0 Å². The van der Waals surface area contributed by atoms with Crippen LogP contribution in [-0.2, 0) is 4.79 Å². The Bertz CT molecular complexity index is 621. The minimum absolute atomic E-state index is 0.369. The predicted octanol–water partition coefficient (Wildman–Crippen LogP) is 3.13. The Balaban J connectivity index is 2.62. The van der Waals surface area contributed by atoms with E-state index in [1.54, 1.807) is 12.1 Å². The van der Waals surface area contributed by atoms with Gasteiger partial charge in [-0.05, 0) is 24.6 Å². The summed E-state index contributed by atoms with van der Waals surface area (Å²) in [6, 6.07) is 12.8. The number of hydrogen-bond donors (Lipinski definition) is 1. The molecule has 3 heteroatoms. The molecule has 1 N–H and O–H groups in total. The van der Waals surface area contributed by atoms with Crippen molar-refractivity contribution in [2.75, 3.05) is 0 Å². The van der Waals surface area contributed by atoms with Crippen molar-refractivity contribution in [3.63, 3.8) is 0 Å². The number of carboxylic acids is 1. The van der Waals surface area contributed by atoms with Crippen LogP contribution in [0.15, 0.2) is 42.5 Å². The van der Waals surface area contributed by atoms with E-state index in [9.17, 15) is 9.59 Å². The molecule has 0 unspecified atom stereocenters. The van der Waals surface area contributed by atoms with Gasteiger partial charge in [-0.25, -0.2) is 0 Å².